The van der Waals surface area contributed by atoms with E-state index in [1.807, 2.05) is 24.3 Å². The number of benzene rings is 3. The van der Waals surface area contributed by atoms with Crippen molar-refractivity contribution in [2.24, 2.45) is 5.92 Å². The first-order valence-electron chi connectivity index (χ1n) is 12.3. The fraction of sp³-hybridized carbons (Fsp3) is 0.310. The van der Waals surface area contributed by atoms with Gasteiger partial charge in [-0.3, -0.25) is 4.79 Å². The summed E-state index contributed by atoms with van der Waals surface area (Å²) in [5.41, 5.74) is 1.73. The number of ether oxygens (including phenoxy) is 1. The van der Waals surface area contributed by atoms with Crippen molar-refractivity contribution >= 4 is 46.5 Å². The predicted molar refractivity (Wildman–Crippen MR) is 150 cm³/mol. The molecule has 3 amide bonds. The molecule has 0 spiro atoms. The molecule has 5 rings (SSSR count). The second-order valence-corrected chi connectivity index (χ2v) is 10.6. The number of nitrogens with one attached hydrogen (secondary N) is 2. The molecule has 1 fully saturated rings. The molecule has 3 aromatic carbocycles. The van der Waals surface area contributed by atoms with E-state index in [2.05, 4.69) is 15.4 Å². The number of anilines is 2. The number of halogens is 5. The number of hydrogen-bond donors (Lipinski definition) is 2. The highest BCUT2D eigenvalue weighted by molar-refractivity contribution is 6.31. The van der Waals surface area contributed by atoms with Gasteiger partial charge in [0.25, 0.3) is 0 Å². The highest BCUT2D eigenvalue weighted by Crippen LogP contribution is 2.49. The van der Waals surface area contributed by atoms with E-state index < -0.39 is 17.8 Å². The van der Waals surface area contributed by atoms with Crippen molar-refractivity contribution in [1.29, 1.82) is 0 Å². The molecule has 11 heteroatoms. The van der Waals surface area contributed by atoms with Gasteiger partial charge >= 0.3 is 12.4 Å². The molecule has 0 saturated carbocycles. The summed E-state index contributed by atoms with van der Waals surface area (Å²) in [5, 5.41) is 6.80. The summed E-state index contributed by atoms with van der Waals surface area (Å²) in [6.45, 7) is 0.775. The summed E-state index contributed by atoms with van der Waals surface area (Å²) >= 11 is 12.5. The van der Waals surface area contributed by atoms with Gasteiger partial charge < -0.3 is 20.3 Å². The van der Waals surface area contributed by atoms with Gasteiger partial charge in [-0.25, -0.2) is 4.79 Å². The summed E-state index contributed by atoms with van der Waals surface area (Å²) in [5.74, 6) is -0.763. The van der Waals surface area contributed by atoms with E-state index in [0.717, 1.165) is 23.3 Å². The van der Waals surface area contributed by atoms with Crippen LogP contribution in [-0.4, -0.2) is 36.3 Å². The Morgan fingerprint density at radius 2 is 1.80 bits per heavy atom. The lowest BCUT2D eigenvalue weighted by Gasteiger charge is -2.42. The molecule has 40 heavy (non-hydrogen) atoms. The SMILES string of the molecule is C.O=C(Nc1ccc(OC(F)(F)F)cc1)N1CCCC(C2(Cc3cccc(Cl)c3)C(=O)Nc3cc(Cl)ccc32)C1. The number of piperidine rings is 1. The van der Waals surface area contributed by atoms with E-state index >= 15 is 0 Å². The number of alkyl halides is 3. The molecule has 2 aliphatic heterocycles. The first kappa shape index (κ1) is 29.6. The number of amides is 3. The Morgan fingerprint density at radius 3 is 2.50 bits per heavy atom. The Hall–Kier alpha value is -3.43. The van der Waals surface area contributed by atoms with Gasteiger partial charge in [0.1, 0.15) is 5.75 Å². The van der Waals surface area contributed by atoms with Gasteiger partial charge in [-0.2, -0.15) is 0 Å². The van der Waals surface area contributed by atoms with Crippen LogP contribution in [0.25, 0.3) is 0 Å². The number of rotatable bonds is 5. The molecule has 0 bridgehead atoms. The van der Waals surface area contributed by atoms with E-state index in [1.54, 1.807) is 23.1 Å². The highest BCUT2D eigenvalue weighted by Gasteiger charge is 2.53. The Bertz CT molecular complexity index is 1400. The summed E-state index contributed by atoms with van der Waals surface area (Å²) in [6.07, 6.45) is -3.03. The first-order chi connectivity index (χ1) is 18.5. The molecule has 0 aliphatic carbocycles. The number of urea groups is 1. The van der Waals surface area contributed by atoms with Crippen molar-refractivity contribution < 1.29 is 27.5 Å². The van der Waals surface area contributed by atoms with Crippen LogP contribution in [0.2, 0.25) is 10.0 Å². The summed E-state index contributed by atoms with van der Waals surface area (Å²) in [4.78, 5) is 28.6. The number of nitrogens with zero attached hydrogens (tertiary/aromatic N) is 1. The zero-order chi connectivity index (χ0) is 27.8. The second-order valence-electron chi connectivity index (χ2n) is 9.71. The maximum absolute atomic E-state index is 13.8. The van der Waals surface area contributed by atoms with Crippen molar-refractivity contribution in [3.8, 4) is 5.75 Å². The van der Waals surface area contributed by atoms with Crippen LogP contribution in [0.3, 0.4) is 0 Å². The second kappa shape index (κ2) is 11.6. The van der Waals surface area contributed by atoms with Crippen molar-refractivity contribution in [3.05, 3.63) is 87.9 Å². The quantitative estimate of drug-likeness (QED) is 0.316. The minimum atomic E-state index is -4.80. The van der Waals surface area contributed by atoms with Crippen LogP contribution < -0.4 is 15.4 Å². The molecular weight excluding hydrogens is 566 g/mol. The zero-order valence-corrected chi connectivity index (χ0v) is 22.0. The van der Waals surface area contributed by atoms with Crippen LogP contribution in [-0.2, 0) is 16.6 Å². The predicted octanol–water partition coefficient (Wildman–Crippen LogP) is 7.90. The van der Waals surface area contributed by atoms with Gasteiger partial charge in [-0.05, 0) is 84.8 Å². The molecule has 2 N–H and O–H groups in total. The number of hydrogen-bond acceptors (Lipinski definition) is 3. The maximum atomic E-state index is 13.8. The summed E-state index contributed by atoms with van der Waals surface area (Å²) in [6, 6.07) is 17.3. The number of likely N-dealkylation sites (tertiary alicyclic amines) is 1. The summed E-state index contributed by atoms with van der Waals surface area (Å²) in [7, 11) is 0. The van der Waals surface area contributed by atoms with E-state index in [1.165, 1.54) is 12.1 Å². The van der Waals surface area contributed by atoms with Gasteiger partial charge in [0.05, 0.1) is 5.41 Å². The van der Waals surface area contributed by atoms with Gasteiger partial charge in [0.2, 0.25) is 5.91 Å². The standard InChI is InChI=1S/C28H24Cl2F3N3O3.CH4/c29-19-5-1-3-17(13-19)15-27(23-11-6-20(30)14-24(23)35-25(27)37)18-4-2-12-36(16-18)26(38)34-21-7-9-22(10-8-21)39-28(31,32)33;/h1,3,5-11,13-14,18H,2,4,12,15-16H2,(H,34,38)(H,35,37);1H4. The molecule has 212 valence electrons. The Kier molecular flexibility index (Phi) is 8.56. The zero-order valence-electron chi connectivity index (χ0n) is 20.5. The lowest BCUT2D eigenvalue weighted by atomic mass is 9.65. The molecule has 0 radical (unpaired) electrons. The van der Waals surface area contributed by atoms with Crippen molar-refractivity contribution in [2.45, 2.75) is 38.5 Å². The third-order valence-electron chi connectivity index (χ3n) is 7.23. The molecule has 2 heterocycles. The molecule has 6 nitrogen and oxygen atoms in total. The topological polar surface area (TPSA) is 70.7 Å². The van der Waals surface area contributed by atoms with E-state index in [-0.39, 0.29) is 25.0 Å². The normalized spacial score (nSPS) is 20.3. The van der Waals surface area contributed by atoms with Crippen LogP contribution in [0, 0.1) is 5.92 Å². The van der Waals surface area contributed by atoms with E-state index in [4.69, 9.17) is 23.2 Å². The third-order valence-corrected chi connectivity index (χ3v) is 7.70. The molecular formula is C29H28Cl2F3N3O3. The average molecular weight is 594 g/mol. The average Bonchev–Trinajstić information content (AvgIpc) is 3.15. The maximum Gasteiger partial charge on any atom is 0.573 e. The van der Waals surface area contributed by atoms with Crippen molar-refractivity contribution in [2.75, 3.05) is 23.7 Å². The number of carbonyl (C=O) groups excluding carboxylic acids is 2. The smallest absolute Gasteiger partial charge is 0.406 e. The number of carbonyl (C=O) groups is 2. The lowest BCUT2D eigenvalue weighted by molar-refractivity contribution is -0.274. The van der Waals surface area contributed by atoms with Gasteiger partial charge in [0, 0.05) is 34.5 Å². The van der Waals surface area contributed by atoms with E-state index in [9.17, 15) is 22.8 Å². The van der Waals surface area contributed by atoms with Crippen LogP contribution in [0.1, 0.15) is 31.4 Å². The minimum Gasteiger partial charge on any atom is -0.406 e. The molecule has 2 aliphatic rings. The highest BCUT2D eigenvalue weighted by atomic mass is 35.5. The van der Waals surface area contributed by atoms with Gasteiger partial charge in [-0.15, -0.1) is 13.2 Å². The van der Waals surface area contributed by atoms with Crippen LogP contribution in [0.15, 0.2) is 66.7 Å². The largest absolute Gasteiger partial charge is 0.573 e. The third kappa shape index (κ3) is 6.15. The molecule has 3 aromatic rings. The molecule has 2 atom stereocenters. The summed E-state index contributed by atoms with van der Waals surface area (Å²) < 4.78 is 41.2. The first-order valence-corrected chi connectivity index (χ1v) is 13.1. The fourth-order valence-corrected chi connectivity index (χ4v) is 5.95. The fourth-order valence-electron chi connectivity index (χ4n) is 5.57. The Morgan fingerprint density at radius 1 is 1.07 bits per heavy atom. The van der Waals surface area contributed by atoms with Crippen LogP contribution >= 0.6 is 23.2 Å². The van der Waals surface area contributed by atoms with Gasteiger partial charge in [-0.1, -0.05) is 48.8 Å². The van der Waals surface area contributed by atoms with Crippen molar-refractivity contribution in [3.63, 3.8) is 0 Å². The molecule has 1 saturated heterocycles. The van der Waals surface area contributed by atoms with Crippen LogP contribution in [0.5, 0.6) is 5.75 Å². The Labute approximate surface area is 240 Å². The molecule has 2 unspecified atom stereocenters. The minimum absolute atomic E-state index is 0. The van der Waals surface area contributed by atoms with E-state index in [0.29, 0.717) is 53.8 Å². The van der Waals surface area contributed by atoms with Gasteiger partial charge in [0.15, 0.2) is 0 Å². The molecule has 0 aromatic heterocycles. The lowest BCUT2D eigenvalue weighted by Crippen LogP contribution is -2.52. The Balaban J connectivity index is 0.00000370. The van der Waals surface area contributed by atoms with Crippen LogP contribution in [0.4, 0.5) is 29.3 Å². The monoisotopic (exact) mass is 593 g/mol. The van der Waals surface area contributed by atoms with Crippen molar-refractivity contribution in [1.82, 2.24) is 4.90 Å². The number of fused-ring (bicyclic) bond motifs is 1.